The van der Waals surface area contributed by atoms with Crippen molar-refractivity contribution in [3.05, 3.63) is 35.4 Å². The highest BCUT2D eigenvalue weighted by Crippen LogP contribution is 2.28. The number of hydrogen-bond donors (Lipinski definition) is 1. The third-order valence-electron chi connectivity index (χ3n) is 3.60. The van der Waals surface area contributed by atoms with E-state index < -0.39 is 0 Å². The Morgan fingerprint density at radius 1 is 1.24 bits per heavy atom. The van der Waals surface area contributed by atoms with E-state index in [0.717, 1.165) is 12.8 Å². The SMILES string of the molecule is CCc1ccc(CC(N)C2CCCCS2)cc1. The predicted molar refractivity (Wildman–Crippen MR) is 77.6 cm³/mol. The molecule has 2 heteroatoms. The highest BCUT2D eigenvalue weighted by Gasteiger charge is 2.21. The molecule has 0 aromatic heterocycles. The van der Waals surface area contributed by atoms with Crippen molar-refractivity contribution in [3.8, 4) is 0 Å². The van der Waals surface area contributed by atoms with Crippen LogP contribution in [0.15, 0.2) is 24.3 Å². The first kappa shape index (κ1) is 13.0. The fourth-order valence-corrected chi connectivity index (χ4v) is 3.77. The molecule has 0 bridgehead atoms. The van der Waals surface area contributed by atoms with E-state index in [1.807, 2.05) is 0 Å². The van der Waals surface area contributed by atoms with Gasteiger partial charge in [-0.2, -0.15) is 11.8 Å². The minimum atomic E-state index is 0.327. The van der Waals surface area contributed by atoms with Gasteiger partial charge in [0, 0.05) is 11.3 Å². The van der Waals surface area contributed by atoms with Crippen LogP contribution < -0.4 is 5.73 Å². The lowest BCUT2D eigenvalue weighted by Gasteiger charge is -2.27. The van der Waals surface area contributed by atoms with Crippen LogP contribution in [-0.4, -0.2) is 17.0 Å². The topological polar surface area (TPSA) is 26.0 Å². The van der Waals surface area contributed by atoms with Gasteiger partial charge in [-0.25, -0.2) is 0 Å². The number of benzene rings is 1. The Morgan fingerprint density at radius 3 is 2.53 bits per heavy atom. The molecule has 2 rings (SSSR count). The Balaban J connectivity index is 1.89. The predicted octanol–water partition coefficient (Wildman–Crippen LogP) is 3.40. The van der Waals surface area contributed by atoms with Crippen LogP contribution in [0.2, 0.25) is 0 Å². The molecule has 1 nitrogen and oxygen atoms in total. The molecular weight excluding hydrogens is 226 g/mol. The largest absolute Gasteiger partial charge is 0.326 e. The molecule has 1 aliphatic heterocycles. The van der Waals surface area contributed by atoms with Gasteiger partial charge < -0.3 is 5.73 Å². The minimum absolute atomic E-state index is 0.327. The maximum atomic E-state index is 6.33. The van der Waals surface area contributed by atoms with Gasteiger partial charge in [0.1, 0.15) is 0 Å². The fourth-order valence-electron chi connectivity index (χ4n) is 2.42. The summed E-state index contributed by atoms with van der Waals surface area (Å²) in [5, 5.41) is 0.676. The van der Waals surface area contributed by atoms with Gasteiger partial charge in [0.25, 0.3) is 0 Å². The fraction of sp³-hybridized carbons (Fsp3) is 0.600. The van der Waals surface area contributed by atoms with Gasteiger partial charge in [0.15, 0.2) is 0 Å². The average molecular weight is 249 g/mol. The highest BCUT2D eigenvalue weighted by molar-refractivity contribution is 8.00. The maximum Gasteiger partial charge on any atom is 0.0202 e. The molecule has 2 atom stereocenters. The van der Waals surface area contributed by atoms with Crippen LogP contribution in [0.3, 0.4) is 0 Å². The molecule has 1 aromatic rings. The summed E-state index contributed by atoms with van der Waals surface area (Å²) in [7, 11) is 0. The van der Waals surface area contributed by atoms with E-state index in [4.69, 9.17) is 5.73 Å². The molecule has 0 saturated carbocycles. The summed E-state index contributed by atoms with van der Waals surface area (Å²) in [6, 6.07) is 9.28. The van der Waals surface area contributed by atoms with Crippen LogP contribution in [0.4, 0.5) is 0 Å². The van der Waals surface area contributed by atoms with Gasteiger partial charge in [0.2, 0.25) is 0 Å². The van der Waals surface area contributed by atoms with Gasteiger partial charge in [0.05, 0.1) is 0 Å². The molecule has 0 spiro atoms. The number of nitrogens with two attached hydrogens (primary N) is 1. The first-order chi connectivity index (χ1) is 8.29. The Kier molecular flexibility index (Phi) is 4.93. The molecule has 1 aliphatic rings. The molecule has 1 fully saturated rings. The second-order valence-corrected chi connectivity index (χ2v) is 6.29. The average Bonchev–Trinajstić information content (AvgIpc) is 2.40. The maximum absolute atomic E-state index is 6.33. The zero-order valence-corrected chi connectivity index (χ0v) is 11.5. The van der Waals surface area contributed by atoms with Crippen molar-refractivity contribution in [3.63, 3.8) is 0 Å². The van der Waals surface area contributed by atoms with Crippen LogP contribution in [0.25, 0.3) is 0 Å². The van der Waals surface area contributed by atoms with Crippen molar-refractivity contribution in [2.75, 3.05) is 5.75 Å². The molecule has 17 heavy (non-hydrogen) atoms. The summed E-state index contributed by atoms with van der Waals surface area (Å²) in [6.07, 6.45) is 6.19. The molecule has 0 radical (unpaired) electrons. The normalized spacial score (nSPS) is 22.4. The summed E-state index contributed by atoms with van der Waals surface area (Å²) < 4.78 is 0. The Hall–Kier alpha value is -0.470. The van der Waals surface area contributed by atoms with Gasteiger partial charge in [-0.15, -0.1) is 0 Å². The molecule has 0 amide bonds. The zero-order valence-electron chi connectivity index (χ0n) is 10.7. The smallest absolute Gasteiger partial charge is 0.0202 e. The molecule has 2 N–H and O–H groups in total. The van der Waals surface area contributed by atoms with Crippen molar-refractivity contribution < 1.29 is 0 Å². The Bertz CT molecular complexity index is 327. The van der Waals surface area contributed by atoms with Crippen molar-refractivity contribution in [1.29, 1.82) is 0 Å². The monoisotopic (exact) mass is 249 g/mol. The van der Waals surface area contributed by atoms with E-state index in [2.05, 4.69) is 43.0 Å². The van der Waals surface area contributed by atoms with E-state index in [1.54, 1.807) is 0 Å². The summed E-state index contributed by atoms with van der Waals surface area (Å²) >= 11 is 2.07. The van der Waals surface area contributed by atoms with Gasteiger partial charge in [-0.05, 0) is 42.6 Å². The third kappa shape index (κ3) is 3.75. The van der Waals surface area contributed by atoms with Crippen LogP contribution in [0, 0.1) is 0 Å². The van der Waals surface area contributed by atoms with Crippen molar-refractivity contribution >= 4 is 11.8 Å². The van der Waals surface area contributed by atoms with E-state index in [1.165, 1.54) is 36.1 Å². The Labute approximate surface area is 109 Å². The number of hydrogen-bond acceptors (Lipinski definition) is 2. The van der Waals surface area contributed by atoms with E-state index in [9.17, 15) is 0 Å². The lowest BCUT2D eigenvalue weighted by molar-refractivity contribution is 0.559. The van der Waals surface area contributed by atoms with Gasteiger partial charge >= 0.3 is 0 Å². The van der Waals surface area contributed by atoms with Crippen molar-refractivity contribution in [2.24, 2.45) is 5.73 Å². The number of thioether (sulfide) groups is 1. The molecule has 1 aromatic carbocycles. The standard InChI is InChI=1S/C15H23NS/c1-2-12-6-8-13(9-7-12)11-14(16)15-5-3-4-10-17-15/h6-9,14-15H,2-5,10-11,16H2,1H3. The lowest BCUT2D eigenvalue weighted by atomic mass is 9.99. The molecule has 94 valence electrons. The summed E-state index contributed by atoms with van der Waals surface area (Å²) in [4.78, 5) is 0. The van der Waals surface area contributed by atoms with Crippen molar-refractivity contribution in [2.45, 2.75) is 50.3 Å². The summed E-state index contributed by atoms with van der Waals surface area (Å²) in [6.45, 7) is 2.19. The van der Waals surface area contributed by atoms with Crippen LogP contribution >= 0.6 is 11.8 Å². The number of rotatable bonds is 4. The molecule has 2 unspecified atom stereocenters. The van der Waals surface area contributed by atoms with Crippen molar-refractivity contribution in [1.82, 2.24) is 0 Å². The minimum Gasteiger partial charge on any atom is -0.326 e. The first-order valence-electron chi connectivity index (χ1n) is 6.74. The van der Waals surface area contributed by atoms with Gasteiger partial charge in [-0.3, -0.25) is 0 Å². The van der Waals surface area contributed by atoms with E-state index in [0.29, 0.717) is 11.3 Å². The first-order valence-corrected chi connectivity index (χ1v) is 7.79. The van der Waals surface area contributed by atoms with Gasteiger partial charge in [-0.1, -0.05) is 37.6 Å². The molecular formula is C15H23NS. The lowest BCUT2D eigenvalue weighted by Crippen LogP contribution is -2.36. The number of aryl methyl sites for hydroxylation is 1. The molecule has 0 aliphatic carbocycles. The summed E-state index contributed by atoms with van der Waals surface area (Å²) in [5.74, 6) is 1.30. The molecule has 1 heterocycles. The summed E-state index contributed by atoms with van der Waals surface area (Å²) in [5.41, 5.74) is 9.13. The second-order valence-electron chi connectivity index (χ2n) is 4.94. The van der Waals surface area contributed by atoms with Crippen LogP contribution in [0.5, 0.6) is 0 Å². The quantitative estimate of drug-likeness (QED) is 0.885. The zero-order chi connectivity index (χ0) is 12.1. The second kappa shape index (κ2) is 6.46. The molecule has 1 saturated heterocycles. The Morgan fingerprint density at radius 2 is 1.94 bits per heavy atom. The van der Waals surface area contributed by atoms with E-state index in [-0.39, 0.29) is 0 Å². The van der Waals surface area contributed by atoms with E-state index >= 15 is 0 Å². The third-order valence-corrected chi connectivity index (χ3v) is 5.13. The highest BCUT2D eigenvalue weighted by atomic mass is 32.2. The van der Waals surface area contributed by atoms with Crippen LogP contribution in [0.1, 0.15) is 37.3 Å². The van der Waals surface area contributed by atoms with Crippen LogP contribution in [-0.2, 0) is 12.8 Å².